The van der Waals surface area contributed by atoms with Crippen molar-refractivity contribution in [3.05, 3.63) is 46.5 Å². The summed E-state index contributed by atoms with van der Waals surface area (Å²) in [6.45, 7) is 1.10. The summed E-state index contributed by atoms with van der Waals surface area (Å²) in [5, 5.41) is 11.6. The quantitative estimate of drug-likeness (QED) is 0.937. The van der Waals surface area contributed by atoms with Gasteiger partial charge in [-0.05, 0) is 12.1 Å². The largest absolute Gasteiger partial charge is 0.333 e. The maximum absolute atomic E-state index is 12.5. The summed E-state index contributed by atoms with van der Waals surface area (Å²) in [6.07, 6.45) is 0.474. The van der Waals surface area contributed by atoms with Crippen LogP contribution in [-0.2, 0) is 17.8 Å². The van der Waals surface area contributed by atoms with Gasteiger partial charge in [-0.1, -0.05) is 29.5 Å². The van der Waals surface area contributed by atoms with Crippen molar-refractivity contribution in [2.75, 3.05) is 11.9 Å². The molecule has 1 aliphatic rings. The normalized spacial score (nSPS) is 13.1. The number of nitriles is 1. The predicted molar refractivity (Wildman–Crippen MR) is 85.9 cm³/mol. The number of anilines is 1. The van der Waals surface area contributed by atoms with Crippen molar-refractivity contribution in [2.24, 2.45) is 0 Å². The Labute approximate surface area is 137 Å². The predicted octanol–water partition coefficient (Wildman–Crippen LogP) is 2.19. The fourth-order valence-electron chi connectivity index (χ4n) is 2.42. The summed E-state index contributed by atoms with van der Waals surface area (Å²) in [4.78, 5) is 31.1. The second-order valence-electron chi connectivity index (χ2n) is 5.11. The van der Waals surface area contributed by atoms with E-state index in [0.717, 1.165) is 10.6 Å². The Morgan fingerprint density at radius 2 is 2.13 bits per heavy atom. The molecule has 0 saturated heterocycles. The lowest BCUT2D eigenvalue weighted by molar-refractivity contribution is -0.115. The molecule has 0 saturated carbocycles. The summed E-state index contributed by atoms with van der Waals surface area (Å²) in [7, 11) is 0. The molecule has 0 bridgehead atoms. The number of hydrogen-bond donors (Lipinski definition) is 1. The maximum Gasteiger partial charge on any atom is 0.254 e. The molecule has 2 amide bonds. The Kier molecular flexibility index (Phi) is 4.35. The van der Waals surface area contributed by atoms with Gasteiger partial charge in [-0.3, -0.25) is 9.59 Å². The van der Waals surface area contributed by atoms with Crippen molar-refractivity contribution in [3.8, 4) is 6.07 Å². The van der Waals surface area contributed by atoms with Crippen LogP contribution in [0.25, 0.3) is 0 Å². The molecule has 0 atom stereocenters. The van der Waals surface area contributed by atoms with E-state index in [0.29, 0.717) is 30.2 Å². The third-order valence-corrected chi connectivity index (χ3v) is 4.52. The van der Waals surface area contributed by atoms with Gasteiger partial charge >= 0.3 is 0 Å². The highest BCUT2D eigenvalue weighted by Crippen LogP contribution is 2.29. The van der Waals surface area contributed by atoms with E-state index in [-0.39, 0.29) is 18.2 Å². The first-order valence-electron chi connectivity index (χ1n) is 7.17. The standard InChI is InChI=1S/C16H14N4O2S/c17-8-6-14(21)19-16-18-12-7-9-20(10-13(12)23-16)15(22)11-4-2-1-3-5-11/h1-5H,6-7,9-10H2,(H,18,19,21). The fraction of sp³-hybridized carbons (Fsp3) is 0.250. The Hall–Kier alpha value is -2.72. The van der Waals surface area contributed by atoms with Gasteiger partial charge in [0, 0.05) is 23.4 Å². The second-order valence-corrected chi connectivity index (χ2v) is 6.20. The lowest BCUT2D eigenvalue weighted by atomic mass is 10.1. The molecule has 0 radical (unpaired) electrons. The van der Waals surface area contributed by atoms with Crippen LogP contribution in [-0.4, -0.2) is 28.2 Å². The lowest BCUT2D eigenvalue weighted by Crippen LogP contribution is -2.35. The zero-order chi connectivity index (χ0) is 16.2. The van der Waals surface area contributed by atoms with Crippen molar-refractivity contribution in [3.63, 3.8) is 0 Å². The van der Waals surface area contributed by atoms with Gasteiger partial charge in [0.25, 0.3) is 5.91 Å². The average molecular weight is 326 g/mol. The molecule has 1 aromatic heterocycles. The molecule has 2 heterocycles. The van der Waals surface area contributed by atoms with E-state index in [4.69, 9.17) is 5.26 Å². The van der Waals surface area contributed by atoms with E-state index in [1.807, 2.05) is 18.2 Å². The highest BCUT2D eigenvalue weighted by molar-refractivity contribution is 7.15. The van der Waals surface area contributed by atoms with Crippen LogP contribution < -0.4 is 5.32 Å². The molecule has 1 N–H and O–H groups in total. The summed E-state index contributed by atoms with van der Waals surface area (Å²) in [5.41, 5.74) is 1.59. The van der Waals surface area contributed by atoms with E-state index in [1.54, 1.807) is 23.1 Å². The van der Waals surface area contributed by atoms with Gasteiger partial charge in [0.1, 0.15) is 6.42 Å². The molecule has 1 aliphatic heterocycles. The number of amides is 2. The van der Waals surface area contributed by atoms with E-state index < -0.39 is 0 Å². The monoisotopic (exact) mass is 326 g/mol. The topological polar surface area (TPSA) is 86.1 Å². The molecule has 0 aliphatic carbocycles. The van der Waals surface area contributed by atoms with Gasteiger partial charge in [0.05, 0.1) is 18.3 Å². The molecule has 0 unspecified atom stereocenters. The maximum atomic E-state index is 12.5. The van der Waals surface area contributed by atoms with Crippen LogP contribution in [0.4, 0.5) is 5.13 Å². The fourth-order valence-corrected chi connectivity index (χ4v) is 3.46. The number of nitrogens with one attached hydrogen (secondary N) is 1. The number of rotatable bonds is 3. The first-order valence-corrected chi connectivity index (χ1v) is 7.98. The number of hydrogen-bond acceptors (Lipinski definition) is 5. The minimum Gasteiger partial charge on any atom is -0.333 e. The molecule has 1 aromatic carbocycles. The van der Waals surface area contributed by atoms with Crippen LogP contribution in [0.15, 0.2) is 30.3 Å². The number of benzene rings is 1. The number of carbonyl (C=O) groups is 2. The molecule has 2 aromatic rings. The van der Waals surface area contributed by atoms with E-state index in [9.17, 15) is 9.59 Å². The molecule has 116 valence electrons. The van der Waals surface area contributed by atoms with E-state index in [1.165, 1.54) is 11.3 Å². The SMILES string of the molecule is N#CCC(=O)Nc1nc2c(s1)CN(C(=O)c1ccccc1)CC2. The Balaban J connectivity index is 1.71. The van der Waals surface area contributed by atoms with Gasteiger partial charge in [0.2, 0.25) is 5.91 Å². The van der Waals surface area contributed by atoms with Crippen molar-refractivity contribution < 1.29 is 9.59 Å². The number of thiazole rings is 1. The van der Waals surface area contributed by atoms with Crippen LogP contribution in [0.1, 0.15) is 27.3 Å². The summed E-state index contributed by atoms with van der Waals surface area (Å²) < 4.78 is 0. The summed E-state index contributed by atoms with van der Waals surface area (Å²) >= 11 is 1.36. The summed E-state index contributed by atoms with van der Waals surface area (Å²) in [5.74, 6) is -0.365. The van der Waals surface area contributed by atoms with Gasteiger partial charge in [-0.2, -0.15) is 5.26 Å². The molecule has 23 heavy (non-hydrogen) atoms. The van der Waals surface area contributed by atoms with Gasteiger partial charge in [0.15, 0.2) is 5.13 Å². The average Bonchev–Trinajstić information content (AvgIpc) is 2.96. The molecule has 3 rings (SSSR count). The molecular weight excluding hydrogens is 312 g/mol. The molecule has 0 fully saturated rings. The van der Waals surface area contributed by atoms with Gasteiger partial charge in [-0.25, -0.2) is 4.98 Å². The Bertz CT molecular complexity index is 779. The first-order chi connectivity index (χ1) is 11.2. The third kappa shape index (κ3) is 3.38. The zero-order valence-electron chi connectivity index (χ0n) is 12.3. The minimum absolute atomic E-state index is 0.000263. The molecule has 0 spiro atoms. The van der Waals surface area contributed by atoms with E-state index >= 15 is 0 Å². The van der Waals surface area contributed by atoms with Crippen molar-refractivity contribution in [1.29, 1.82) is 5.26 Å². The van der Waals surface area contributed by atoms with Crippen LogP contribution in [0, 0.1) is 11.3 Å². The Morgan fingerprint density at radius 3 is 2.87 bits per heavy atom. The number of nitrogens with zero attached hydrogens (tertiary/aromatic N) is 3. The van der Waals surface area contributed by atoms with Crippen LogP contribution in [0.5, 0.6) is 0 Å². The van der Waals surface area contributed by atoms with Crippen LogP contribution in [0.2, 0.25) is 0 Å². The zero-order valence-corrected chi connectivity index (χ0v) is 13.1. The minimum atomic E-state index is -0.365. The van der Waals surface area contributed by atoms with Crippen LogP contribution >= 0.6 is 11.3 Å². The van der Waals surface area contributed by atoms with Gasteiger partial charge in [-0.15, -0.1) is 0 Å². The van der Waals surface area contributed by atoms with Crippen molar-refractivity contribution >= 4 is 28.3 Å². The smallest absolute Gasteiger partial charge is 0.254 e. The van der Waals surface area contributed by atoms with Crippen molar-refractivity contribution in [1.82, 2.24) is 9.88 Å². The molecular formula is C16H14N4O2S. The first kappa shape index (κ1) is 15.2. The second kappa shape index (κ2) is 6.58. The Morgan fingerprint density at radius 1 is 1.35 bits per heavy atom. The van der Waals surface area contributed by atoms with Crippen LogP contribution in [0.3, 0.4) is 0 Å². The van der Waals surface area contributed by atoms with E-state index in [2.05, 4.69) is 10.3 Å². The lowest BCUT2D eigenvalue weighted by Gasteiger charge is -2.26. The van der Waals surface area contributed by atoms with Gasteiger partial charge < -0.3 is 10.2 Å². The molecule has 6 nitrogen and oxygen atoms in total. The third-order valence-electron chi connectivity index (χ3n) is 3.53. The molecule has 7 heteroatoms. The highest BCUT2D eigenvalue weighted by Gasteiger charge is 2.25. The van der Waals surface area contributed by atoms with Crippen molar-refractivity contribution in [2.45, 2.75) is 19.4 Å². The highest BCUT2D eigenvalue weighted by atomic mass is 32.1. The summed E-state index contributed by atoms with van der Waals surface area (Å²) in [6, 6.07) is 11.0. The number of fused-ring (bicyclic) bond motifs is 1. The number of aromatic nitrogens is 1. The number of carbonyl (C=O) groups excluding carboxylic acids is 2.